The summed E-state index contributed by atoms with van der Waals surface area (Å²) in [4.78, 5) is 135. The first-order chi connectivity index (χ1) is 46.8. The smallest absolute Gasteiger partial charge is 0.325 e. The van der Waals surface area contributed by atoms with Gasteiger partial charge in [-0.3, -0.25) is 51.7 Å². The van der Waals surface area contributed by atoms with Crippen molar-refractivity contribution in [1.82, 2.24) is 44.3 Å². The van der Waals surface area contributed by atoms with Crippen LogP contribution in [0.4, 0.5) is 10.1 Å². The van der Waals surface area contributed by atoms with Crippen LogP contribution in [0.1, 0.15) is 97.3 Å². The molecule has 97 heavy (non-hydrogen) atoms. The fraction of sp³-hybridized carbons (Fsp3) is 0.431. The molecule has 2 bridgehead atoms. The molecule has 7 aromatic rings. The molecule has 3 amide bonds. The van der Waals surface area contributed by atoms with Gasteiger partial charge in [0.1, 0.15) is 54.6 Å². The average molecular weight is 1410 g/mol. The number of halogens is 1. The minimum absolute atomic E-state index is 0.0298. The zero-order chi connectivity index (χ0) is 68.0. The summed E-state index contributed by atoms with van der Waals surface area (Å²) in [5.74, 6) is 2.93. The van der Waals surface area contributed by atoms with Gasteiger partial charge in [-0.2, -0.15) is 0 Å². The van der Waals surface area contributed by atoms with E-state index in [-0.39, 0.29) is 106 Å². The number of aromatic nitrogens is 7. The van der Waals surface area contributed by atoms with Gasteiger partial charge in [0.25, 0.3) is 5.56 Å². The van der Waals surface area contributed by atoms with E-state index in [1.54, 1.807) is 46.0 Å². The van der Waals surface area contributed by atoms with Gasteiger partial charge < -0.3 is 58.3 Å². The van der Waals surface area contributed by atoms with Crippen LogP contribution in [0.15, 0.2) is 109 Å². The lowest BCUT2D eigenvalue weighted by atomic mass is 9.93. The SMILES string of the molecule is O=C(CCC(=O)NCC(=O)C[C@@H](Cc1ccccc1)C(=O)NCC(=O)CCOCCn1cnc2c(ncn2[C@@H]2O[C@@H]3COP(O)(=S)O[C@H]4[C@@H](F)[C@H](n5cc6c7c(ncnc75)CCCC6)O[C@@H]4COP(O)(=S)O[C@@H]2[C@@H]3O)c1=O)CCC(=O)N1Cc2ccccc2C#Cc2ccccc21. The van der Waals surface area contributed by atoms with E-state index in [1.807, 2.05) is 48.5 Å². The van der Waals surface area contributed by atoms with Gasteiger partial charge in [0, 0.05) is 67.2 Å². The summed E-state index contributed by atoms with van der Waals surface area (Å²) in [5.41, 5.74) is 5.20. The predicted molar refractivity (Wildman–Crippen MR) is 353 cm³/mol. The first kappa shape index (κ1) is 69.3. The second kappa shape index (κ2) is 30.7. The molecule has 27 nitrogen and oxygen atoms in total. The van der Waals surface area contributed by atoms with Crippen molar-refractivity contribution in [2.75, 3.05) is 44.4 Å². The summed E-state index contributed by atoms with van der Waals surface area (Å²) in [6, 6.07) is 23.9. The average Bonchev–Trinajstić information content (AvgIpc) is 1.64. The van der Waals surface area contributed by atoms with E-state index in [0.717, 1.165) is 52.6 Å². The van der Waals surface area contributed by atoms with Crippen molar-refractivity contribution in [3.63, 3.8) is 0 Å². The molecule has 1 aliphatic carbocycles. The Balaban J connectivity index is 0.593. The number of nitrogens with one attached hydrogen (secondary N) is 2. The Morgan fingerprint density at radius 2 is 1.41 bits per heavy atom. The van der Waals surface area contributed by atoms with Crippen molar-refractivity contribution in [2.24, 2.45) is 5.92 Å². The van der Waals surface area contributed by atoms with Crippen LogP contribution in [-0.4, -0.2) is 160 Å². The molecule has 0 saturated carbocycles. The van der Waals surface area contributed by atoms with Crippen molar-refractivity contribution in [3.8, 4) is 11.8 Å². The molecule has 5 aliphatic rings. The van der Waals surface area contributed by atoms with Crippen molar-refractivity contribution in [2.45, 2.75) is 133 Å². The van der Waals surface area contributed by atoms with Gasteiger partial charge in [-0.25, -0.2) is 24.3 Å². The van der Waals surface area contributed by atoms with Crippen LogP contribution in [-0.2, 0) is 117 Å². The molecular formula is C65H69FN10O17P2S2. The number of carbonyl (C=O) groups is 6. The molecule has 32 heteroatoms. The van der Waals surface area contributed by atoms with Gasteiger partial charge in [-0.15, -0.1) is 0 Å². The van der Waals surface area contributed by atoms with Gasteiger partial charge in [0.05, 0.1) is 70.3 Å². The number of aryl methyl sites for hydroxylation is 2. The number of ether oxygens (including phenoxy) is 3. The largest absolute Gasteiger partial charge is 0.387 e. The van der Waals surface area contributed by atoms with E-state index in [0.29, 0.717) is 23.3 Å². The van der Waals surface area contributed by atoms with E-state index in [2.05, 4.69) is 42.4 Å². The number of anilines is 1. The molecular weight excluding hydrogens is 1340 g/mol. The number of fused-ring (bicyclic) bond motifs is 6. The normalized spacial score (nSPS) is 24.9. The molecule has 3 aromatic carbocycles. The lowest BCUT2D eigenvalue weighted by molar-refractivity contribution is -0.131. The van der Waals surface area contributed by atoms with Gasteiger partial charge in [-0.05, 0) is 90.6 Å². The molecule has 0 radical (unpaired) electrons. The van der Waals surface area contributed by atoms with Crippen LogP contribution in [0.3, 0.4) is 0 Å². The number of para-hydroxylation sites is 1. The van der Waals surface area contributed by atoms with Crippen molar-refractivity contribution < 1.29 is 80.4 Å². The molecule has 0 spiro atoms. The number of alkyl halides is 1. The van der Waals surface area contributed by atoms with Gasteiger partial charge in [-0.1, -0.05) is 72.5 Å². The fourth-order valence-corrected chi connectivity index (χ4v) is 15.3. The monoisotopic (exact) mass is 1410 g/mol. The van der Waals surface area contributed by atoms with Crippen molar-refractivity contribution >= 4 is 100 Å². The highest BCUT2D eigenvalue weighted by atomic mass is 32.5. The second-order valence-electron chi connectivity index (χ2n) is 24.1. The summed E-state index contributed by atoms with van der Waals surface area (Å²) in [6.45, 7) is -10.6. The highest BCUT2D eigenvalue weighted by Gasteiger charge is 2.53. The van der Waals surface area contributed by atoms with Crippen LogP contribution < -0.4 is 21.1 Å². The number of ketones is 3. The molecule has 8 heterocycles. The van der Waals surface area contributed by atoms with E-state index < -0.39 is 111 Å². The van der Waals surface area contributed by atoms with Gasteiger partial charge in [0.15, 0.2) is 41.4 Å². The molecule has 3 fully saturated rings. The molecule has 3 saturated heterocycles. The Labute approximate surface area is 564 Å². The van der Waals surface area contributed by atoms with Gasteiger partial charge >= 0.3 is 13.4 Å². The highest BCUT2D eigenvalue weighted by molar-refractivity contribution is 8.07. The third-order valence-electron chi connectivity index (χ3n) is 17.4. The molecule has 510 valence electrons. The first-order valence-corrected chi connectivity index (χ1v) is 36.8. The van der Waals surface area contributed by atoms with Gasteiger partial charge in [0.2, 0.25) is 17.7 Å². The van der Waals surface area contributed by atoms with Crippen LogP contribution in [0.5, 0.6) is 0 Å². The number of Topliss-reactive ketones (excluding diaryl/α,β-unsaturated/α-hetero) is 3. The number of benzene rings is 3. The Bertz CT molecular complexity index is 4380. The minimum atomic E-state index is -4.39. The Kier molecular flexibility index (Phi) is 21.9. The molecule has 4 aromatic heterocycles. The summed E-state index contributed by atoms with van der Waals surface area (Å²) >= 11 is 10.8. The number of nitrogens with zero attached hydrogens (tertiary/aromatic N) is 8. The molecule has 11 atom stereocenters. The van der Waals surface area contributed by atoms with E-state index in [1.165, 1.54) is 28.1 Å². The predicted octanol–water partition coefficient (Wildman–Crippen LogP) is 4.76. The topological polar surface area (TPSA) is 338 Å². The quantitative estimate of drug-likeness (QED) is 0.0327. The molecule has 2 unspecified atom stereocenters. The van der Waals surface area contributed by atoms with Crippen LogP contribution in [0.2, 0.25) is 0 Å². The number of aliphatic hydroxyl groups is 1. The Morgan fingerprint density at radius 1 is 0.711 bits per heavy atom. The number of aliphatic hydroxyl groups excluding tert-OH is 1. The third-order valence-corrected chi connectivity index (χ3v) is 20.5. The summed E-state index contributed by atoms with van der Waals surface area (Å²) in [6.07, 6.45) is -4.08. The second-order valence-corrected chi connectivity index (χ2v) is 29.6. The molecule has 5 N–H and O–H groups in total. The van der Waals surface area contributed by atoms with E-state index in [9.17, 15) is 48.5 Å². The lowest BCUT2D eigenvalue weighted by Crippen LogP contribution is -2.38. The molecule has 4 aliphatic heterocycles. The summed E-state index contributed by atoms with van der Waals surface area (Å²) < 4.78 is 62.0. The van der Waals surface area contributed by atoms with Crippen LogP contribution in [0, 0.1) is 17.8 Å². The Morgan fingerprint density at radius 3 is 2.23 bits per heavy atom. The Hall–Kier alpha value is -7.56. The maximum atomic E-state index is 16.7. The third kappa shape index (κ3) is 16.4. The first-order valence-electron chi connectivity index (χ1n) is 31.7. The highest BCUT2D eigenvalue weighted by Crippen LogP contribution is 2.55. The maximum absolute atomic E-state index is 16.7. The molecule has 12 rings (SSSR count). The van der Waals surface area contributed by atoms with Crippen molar-refractivity contribution in [1.29, 1.82) is 0 Å². The fourth-order valence-electron chi connectivity index (χ4n) is 12.4. The standard InChI is InChI=1S/C65H69FN10O17P2S2/c66-55-58-51(91-64(55)75-33-43-15-6-8-16-48-54(43)60(75)70-36-69-48)35-89-95(86,97)93-59-57(82)50(34-88-94(85,96)92-58)90-65(59)76-38-71-56-61(76)72-37-73(63(56)84)25-27-87-26-24-46(78)30-68-62(83)44(28-39-10-2-1-3-11-39)29-47(79)31-67-52(80)22-20-45(77)21-23-53(81)74-32-42-14-5-4-12-40(42)18-19-41-13-7-9-17-49(41)74/h1-5,7,9-14,17,33,36-38,44,50-51,55,57-59,64-65,82H,6,8,15-16,20-32,34-35H2,(H,67,80)(H,68,83)(H,85,96)(H,86,97)/t44-,50-,51-,55-,57-,58-,59-,64-,65-,94?,95?/m1/s1. The number of hydrogen-bond acceptors (Lipinski definition) is 21. The summed E-state index contributed by atoms with van der Waals surface area (Å²) in [7, 11) is 0. The van der Waals surface area contributed by atoms with E-state index >= 15 is 4.39 Å². The van der Waals surface area contributed by atoms with Crippen LogP contribution >= 0.6 is 13.4 Å². The lowest BCUT2D eigenvalue weighted by Gasteiger charge is -2.27. The zero-order valence-electron chi connectivity index (χ0n) is 52.2. The number of amides is 3. The number of imidazole rings is 1. The van der Waals surface area contributed by atoms with E-state index in [4.69, 9.17) is 55.9 Å². The van der Waals surface area contributed by atoms with Crippen LogP contribution in [0.25, 0.3) is 22.2 Å². The number of hydrogen-bond donors (Lipinski definition) is 5. The number of rotatable bonds is 23. The maximum Gasteiger partial charge on any atom is 0.325 e. The zero-order valence-corrected chi connectivity index (χ0v) is 55.6. The van der Waals surface area contributed by atoms with Crippen molar-refractivity contribution in [3.05, 3.63) is 148 Å². The minimum Gasteiger partial charge on any atom is -0.387 e. The summed E-state index contributed by atoms with van der Waals surface area (Å²) in [5, 5.41) is 17.6. The number of carbonyl (C=O) groups excluding carboxylic acids is 6.